The van der Waals surface area contributed by atoms with E-state index in [1.807, 2.05) is 6.07 Å². The zero-order valence-electron chi connectivity index (χ0n) is 8.12. The molecule has 1 rings (SSSR count). The van der Waals surface area contributed by atoms with E-state index in [9.17, 15) is 4.79 Å². The van der Waals surface area contributed by atoms with Gasteiger partial charge in [-0.3, -0.25) is 4.79 Å². The van der Waals surface area contributed by atoms with E-state index in [0.29, 0.717) is 10.0 Å². The van der Waals surface area contributed by atoms with Gasteiger partial charge in [-0.15, -0.1) is 0 Å². The number of benzene rings is 1. The van der Waals surface area contributed by atoms with Crippen LogP contribution in [0.2, 0.25) is 0 Å². The number of carbonyl (C=O) groups excluding carboxylic acids is 1. The van der Waals surface area contributed by atoms with E-state index in [0.717, 1.165) is 5.69 Å². The average Bonchev–Trinajstić information content (AvgIpc) is 2.18. The maximum absolute atomic E-state index is 10.8. The molecule has 0 saturated heterocycles. The molecule has 1 unspecified atom stereocenters. The largest absolute Gasteiger partial charge is 0.374 e. The third-order valence-electron chi connectivity index (χ3n) is 1.90. The number of hydrogen-bond acceptors (Lipinski definition) is 3. The van der Waals surface area contributed by atoms with Crippen molar-refractivity contribution in [2.24, 2.45) is 5.73 Å². The first kappa shape index (κ1) is 11.5. The van der Waals surface area contributed by atoms with Crippen LogP contribution in [-0.4, -0.2) is 11.9 Å². The number of rotatable bonds is 3. The number of nitrogens with one attached hydrogen (secondary N) is 1. The maximum Gasteiger partial charge on any atom is 0.239 e. The van der Waals surface area contributed by atoms with Crippen LogP contribution in [-0.2, 0) is 4.79 Å². The van der Waals surface area contributed by atoms with Gasteiger partial charge in [-0.25, -0.2) is 0 Å². The Labute approximate surface area is 96.2 Å². The third kappa shape index (κ3) is 2.96. The molecule has 0 aromatic heterocycles. The van der Waals surface area contributed by atoms with Gasteiger partial charge in [0.2, 0.25) is 5.91 Å². The predicted octanol–water partition coefficient (Wildman–Crippen LogP) is 1.61. The first-order chi connectivity index (χ1) is 7.04. The number of hydrogen-bond donors (Lipinski definition) is 2. The summed E-state index contributed by atoms with van der Waals surface area (Å²) in [7, 11) is 0. The minimum atomic E-state index is -0.440. The Balaban J connectivity index is 2.85. The molecular weight excluding hydrogens is 258 g/mol. The van der Waals surface area contributed by atoms with Gasteiger partial charge in [0.25, 0.3) is 0 Å². The second-order valence-corrected chi connectivity index (χ2v) is 3.93. The van der Waals surface area contributed by atoms with Crippen LogP contribution in [0.15, 0.2) is 22.7 Å². The number of nitriles is 1. The number of halogens is 1. The number of amides is 1. The molecule has 0 fully saturated rings. The van der Waals surface area contributed by atoms with Gasteiger partial charge in [-0.2, -0.15) is 5.26 Å². The SMILES string of the molecule is CC(Nc1ccc(C#N)c(Br)c1)C(N)=O. The molecule has 0 spiro atoms. The molecule has 1 aromatic rings. The van der Waals surface area contributed by atoms with Crippen molar-refractivity contribution >= 4 is 27.5 Å². The monoisotopic (exact) mass is 267 g/mol. The summed E-state index contributed by atoms with van der Waals surface area (Å²) in [6, 6.07) is 6.72. The van der Waals surface area contributed by atoms with Crippen LogP contribution in [0.25, 0.3) is 0 Å². The van der Waals surface area contributed by atoms with Gasteiger partial charge in [0.15, 0.2) is 0 Å². The zero-order chi connectivity index (χ0) is 11.4. The Hall–Kier alpha value is -1.54. The first-order valence-electron chi connectivity index (χ1n) is 4.30. The summed E-state index contributed by atoms with van der Waals surface area (Å²) in [5, 5.41) is 11.6. The molecule has 0 radical (unpaired) electrons. The van der Waals surface area contributed by atoms with E-state index in [2.05, 4.69) is 21.2 Å². The molecule has 4 nitrogen and oxygen atoms in total. The average molecular weight is 268 g/mol. The van der Waals surface area contributed by atoms with Crippen LogP contribution < -0.4 is 11.1 Å². The van der Waals surface area contributed by atoms with E-state index >= 15 is 0 Å². The Bertz CT molecular complexity index is 425. The van der Waals surface area contributed by atoms with Crippen LogP contribution in [0, 0.1) is 11.3 Å². The Morgan fingerprint density at radius 1 is 1.67 bits per heavy atom. The van der Waals surface area contributed by atoms with Gasteiger partial charge < -0.3 is 11.1 Å². The Morgan fingerprint density at radius 2 is 2.33 bits per heavy atom. The number of carbonyl (C=O) groups is 1. The lowest BCUT2D eigenvalue weighted by molar-refractivity contribution is -0.118. The van der Waals surface area contributed by atoms with E-state index in [1.165, 1.54) is 0 Å². The van der Waals surface area contributed by atoms with Crippen LogP contribution >= 0.6 is 15.9 Å². The minimum Gasteiger partial charge on any atom is -0.374 e. The fourth-order valence-electron chi connectivity index (χ4n) is 1.02. The fraction of sp³-hybridized carbons (Fsp3) is 0.200. The standard InChI is InChI=1S/C10H10BrN3O/c1-6(10(13)15)14-8-3-2-7(5-12)9(11)4-8/h2-4,6,14H,1H3,(H2,13,15). The van der Waals surface area contributed by atoms with Crippen molar-refractivity contribution in [2.75, 3.05) is 5.32 Å². The molecule has 1 aromatic carbocycles. The number of nitrogens with zero attached hydrogens (tertiary/aromatic N) is 1. The maximum atomic E-state index is 10.8. The number of nitrogens with two attached hydrogens (primary N) is 1. The van der Waals surface area contributed by atoms with Crippen molar-refractivity contribution in [1.82, 2.24) is 0 Å². The summed E-state index contributed by atoms with van der Waals surface area (Å²) in [5.74, 6) is -0.421. The van der Waals surface area contributed by atoms with Gasteiger partial charge in [-0.1, -0.05) is 0 Å². The molecule has 0 aliphatic heterocycles. The molecule has 0 bridgehead atoms. The zero-order valence-corrected chi connectivity index (χ0v) is 9.71. The molecule has 3 N–H and O–H groups in total. The highest BCUT2D eigenvalue weighted by molar-refractivity contribution is 9.10. The Kier molecular flexibility index (Phi) is 3.69. The molecule has 0 aliphatic carbocycles. The van der Waals surface area contributed by atoms with Crippen molar-refractivity contribution in [1.29, 1.82) is 5.26 Å². The van der Waals surface area contributed by atoms with Crippen molar-refractivity contribution in [3.63, 3.8) is 0 Å². The lowest BCUT2D eigenvalue weighted by atomic mass is 10.2. The summed E-state index contributed by atoms with van der Waals surface area (Å²) in [6.45, 7) is 1.68. The smallest absolute Gasteiger partial charge is 0.239 e. The minimum absolute atomic E-state index is 0.421. The molecule has 0 aliphatic rings. The van der Waals surface area contributed by atoms with Crippen molar-refractivity contribution in [3.8, 4) is 6.07 Å². The van der Waals surface area contributed by atoms with Crippen molar-refractivity contribution < 1.29 is 4.79 Å². The molecule has 78 valence electrons. The van der Waals surface area contributed by atoms with Crippen molar-refractivity contribution in [3.05, 3.63) is 28.2 Å². The van der Waals surface area contributed by atoms with Gasteiger partial charge in [0, 0.05) is 10.2 Å². The molecule has 1 amide bonds. The van der Waals surface area contributed by atoms with Crippen LogP contribution in [0.1, 0.15) is 12.5 Å². The molecule has 1 atom stereocenters. The Morgan fingerprint density at radius 3 is 2.80 bits per heavy atom. The summed E-state index contributed by atoms with van der Waals surface area (Å²) >= 11 is 3.26. The van der Waals surface area contributed by atoms with E-state index in [-0.39, 0.29) is 0 Å². The fourth-order valence-corrected chi connectivity index (χ4v) is 1.48. The predicted molar refractivity (Wildman–Crippen MR) is 61.1 cm³/mol. The topological polar surface area (TPSA) is 78.9 Å². The third-order valence-corrected chi connectivity index (χ3v) is 2.56. The lowest BCUT2D eigenvalue weighted by Crippen LogP contribution is -2.32. The highest BCUT2D eigenvalue weighted by atomic mass is 79.9. The molecule has 5 heteroatoms. The van der Waals surface area contributed by atoms with Gasteiger partial charge in [0.05, 0.1) is 5.56 Å². The number of primary amides is 1. The summed E-state index contributed by atoms with van der Waals surface area (Å²) in [4.78, 5) is 10.8. The molecule has 0 heterocycles. The van der Waals surface area contributed by atoms with Crippen LogP contribution in [0.5, 0.6) is 0 Å². The van der Waals surface area contributed by atoms with Gasteiger partial charge in [0.1, 0.15) is 12.1 Å². The molecule has 0 saturated carbocycles. The van der Waals surface area contributed by atoms with Crippen molar-refractivity contribution in [2.45, 2.75) is 13.0 Å². The van der Waals surface area contributed by atoms with E-state index in [4.69, 9.17) is 11.0 Å². The van der Waals surface area contributed by atoms with Gasteiger partial charge in [-0.05, 0) is 41.1 Å². The van der Waals surface area contributed by atoms with E-state index in [1.54, 1.807) is 25.1 Å². The highest BCUT2D eigenvalue weighted by Crippen LogP contribution is 2.21. The summed E-state index contributed by atoms with van der Waals surface area (Å²) in [6.07, 6.45) is 0. The summed E-state index contributed by atoms with van der Waals surface area (Å²) in [5.41, 5.74) is 6.40. The number of anilines is 1. The van der Waals surface area contributed by atoms with E-state index < -0.39 is 11.9 Å². The quantitative estimate of drug-likeness (QED) is 0.873. The molecule has 15 heavy (non-hydrogen) atoms. The van der Waals surface area contributed by atoms with Crippen LogP contribution in [0.4, 0.5) is 5.69 Å². The normalized spacial score (nSPS) is 11.5. The van der Waals surface area contributed by atoms with Crippen LogP contribution in [0.3, 0.4) is 0 Å². The van der Waals surface area contributed by atoms with Gasteiger partial charge >= 0.3 is 0 Å². The second kappa shape index (κ2) is 4.80. The first-order valence-corrected chi connectivity index (χ1v) is 5.09. The highest BCUT2D eigenvalue weighted by Gasteiger charge is 2.08. The lowest BCUT2D eigenvalue weighted by Gasteiger charge is -2.11. The summed E-state index contributed by atoms with van der Waals surface area (Å²) < 4.78 is 0.687. The second-order valence-electron chi connectivity index (χ2n) is 3.07. The molecular formula is C10H10BrN3O.